The highest BCUT2D eigenvalue weighted by Gasteiger charge is 2.60. The third-order valence-corrected chi connectivity index (χ3v) is 11.1. The van der Waals surface area contributed by atoms with Gasteiger partial charge in [0, 0.05) is 0 Å². The van der Waals surface area contributed by atoms with Crippen LogP contribution < -0.4 is 0 Å². The molecule has 3 saturated heterocycles. The van der Waals surface area contributed by atoms with Gasteiger partial charge in [-0.2, -0.15) is 0 Å². The summed E-state index contributed by atoms with van der Waals surface area (Å²) in [6.45, 7) is 17.0. The lowest BCUT2D eigenvalue weighted by Crippen LogP contribution is -2.70. The number of carbonyl (C=O) groups is 1. The van der Waals surface area contributed by atoms with E-state index in [1.165, 1.54) is 5.57 Å². The first-order valence-corrected chi connectivity index (χ1v) is 17.1. The minimum absolute atomic E-state index is 0.0137. The number of rotatable bonds is 13. The smallest absolute Gasteiger partial charge is 0.229 e. The Balaban J connectivity index is 1.76. The summed E-state index contributed by atoms with van der Waals surface area (Å²) in [6.07, 6.45) is 4.24. The Morgan fingerprint density at radius 2 is 1.65 bits per heavy atom. The largest absolute Gasteiger partial charge is 0.348 e. The molecule has 0 spiro atoms. The molecule has 3 unspecified atom stereocenters. The highest BCUT2D eigenvalue weighted by molar-refractivity contribution is 8.17. The van der Waals surface area contributed by atoms with Gasteiger partial charge in [-0.25, -0.2) is 0 Å². The fourth-order valence-electron chi connectivity index (χ4n) is 6.14. The molecule has 3 aliphatic rings. The van der Waals surface area contributed by atoms with Crippen molar-refractivity contribution in [1.82, 2.24) is 4.90 Å². The second kappa shape index (κ2) is 13.5. The molecule has 1 amide bonds. The van der Waals surface area contributed by atoms with Crippen LogP contribution in [-0.4, -0.2) is 75.5 Å². The lowest BCUT2D eigenvalue weighted by molar-refractivity contribution is -0.176. The molecule has 8 heteroatoms. The Hall–Kier alpha value is -1.03. The minimum atomic E-state index is -0.790. The SMILES string of the molecule is CCCSC(SCCC)[C@@H](C1OC(C)(C)OC1C1COC(C)(C)O1)N1C(=O)[C@@H](CC)[C@H]1/C(C)=C/c1ccccc1. The molecule has 0 radical (unpaired) electrons. The molecular formula is C32H49NO5S2. The molecule has 0 N–H and O–H groups in total. The topological polar surface area (TPSA) is 57.2 Å². The quantitative estimate of drug-likeness (QED) is 0.181. The molecule has 0 aromatic heterocycles. The zero-order valence-corrected chi connectivity index (χ0v) is 27.2. The van der Waals surface area contributed by atoms with Crippen molar-refractivity contribution in [1.29, 1.82) is 0 Å². The number of nitrogens with zero attached hydrogens (tertiary/aromatic N) is 1. The van der Waals surface area contributed by atoms with Gasteiger partial charge in [0.1, 0.15) is 18.3 Å². The normalized spacial score (nSPS) is 30.6. The summed E-state index contributed by atoms with van der Waals surface area (Å²) in [5.74, 6) is 0.770. The van der Waals surface area contributed by atoms with Gasteiger partial charge in [0.25, 0.3) is 0 Å². The molecule has 4 rings (SSSR count). The summed E-state index contributed by atoms with van der Waals surface area (Å²) in [5, 5.41) is 0. The monoisotopic (exact) mass is 591 g/mol. The van der Waals surface area contributed by atoms with Crippen LogP contribution in [-0.2, 0) is 23.7 Å². The van der Waals surface area contributed by atoms with Gasteiger partial charge in [0.05, 0.1) is 29.2 Å². The number of hydrogen-bond donors (Lipinski definition) is 0. The number of β-lactam (4-membered cyclic amide) rings is 1. The summed E-state index contributed by atoms with van der Waals surface area (Å²) in [4.78, 5) is 16.2. The van der Waals surface area contributed by atoms with Crippen molar-refractivity contribution >= 4 is 35.5 Å². The van der Waals surface area contributed by atoms with Crippen molar-refractivity contribution in [3.05, 3.63) is 41.5 Å². The molecule has 6 atom stereocenters. The van der Waals surface area contributed by atoms with Crippen LogP contribution in [0.3, 0.4) is 0 Å². The minimum Gasteiger partial charge on any atom is -0.348 e. The second-order valence-electron chi connectivity index (χ2n) is 12.0. The first-order valence-electron chi connectivity index (χ1n) is 15.0. The fourth-order valence-corrected chi connectivity index (χ4v) is 9.01. The van der Waals surface area contributed by atoms with E-state index in [9.17, 15) is 4.79 Å². The predicted octanol–water partition coefficient (Wildman–Crippen LogP) is 6.98. The third-order valence-electron chi connectivity index (χ3n) is 7.82. The van der Waals surface area contributed by atoms with Crippen molar-refractivity contribution in [2.75, 3.05) is 18.1 Å². The lowest BCUT2D eigenvalue weighted by atomic mass is 9.78. The van der Waals surface area contributed by atoms with E-state index in [0.29, 0.717) is 6.61 Å². The van der Waals surface area contributed by atoms with Gasteiger partial charge in [0.15, 0.2) is 11.6 Å². The molecule has 0 aliphatic carbocycles. The molecule has 0 bridgehead atoms. The average Bonchev–Trinajstić information content (AvgIpc) is 3.43. The van der Waals surface area contributed by atoms with Crippen molar-refractivity contribution < 1.29 is 23.7 Å². The standard InChI is InChI=1S/C32H49NO5S2/c1-9-17-39-30(40-18-10-2)26(28-27(37-32(7,8)38-28)24-20-35-31(5,6)36-24)33-25(23(11-3)29(33)34)21(4)19-22-15-13-12-14-16-22/h12-16,19,23-28,30H,9-11,17-18,20H2,1-8H3/b21-19+/t23-,24?,25+,26+,27?,28?/m0/s1. The first kappa shape index (κ1) is 31.9. The summed E-state index contributed by atoms with van der Waals surface area (Å²) in [5.41, 5.74) is 2.36. The summed E-state index contributed by atoms with van der Waals surface area (Å²) in [6, 6.07) is 10.2. The number of amides is 1. The highest BCUT2D eigenvalue weighted by atomic mass is 32.2. The molecule has 1 aromatic rings. The van der Waals surface area contributed by atoms with Crippen LogP contribution in [0.2, 0.25) is 0 Å². The molecule has 3 fully saturated rings. The zero-order valence-electron chi connectivity index (χ0n) is 25.6. The van der Waals surface area contributed by atoms with Gasteiger partial charge in [-0.1, -0.05) is 57.2 Å². The summed E-state index contributed by atoms with van der Waals surface area (Å²) < 4.78 is 25.8. The number of benzene rings is 1. The molecule has 6 nitrogen and oxygen atoms in total. The maximum atomic E-state index is 14.0. The van der Waals surface area contributed by atoms with Gasteiger partial charge >= 0.3 is 0 Å². The molecular weight excluding hydrogens is 542 g/mol. The molecule has 224 valence electrons. The van der Waals surface area contributed by atoms with E-state index >= 15 is 0 Å². The van der Waals surface area contributed by atoms with Crippen molar-refractivity contribution in [3.8, 4) is 0 Å². The molecule has 40 heavy (non-hydrogen) atoms. The van der Waals surface area contributed by atoms with Crippen LogP contribution in [0.25, 0.3) is 6.08 Å². The van der Waals surface area contributed by atoms with Gasteiger partial charge in [-0.05, 0) is 76.5 Å². The van der Waals surface area contributed by atoms with Crippen LogP contribution in [0.5, 0.6) is 0 Å². The van der Waals surface area contributed by atoms with Crippen LogP contribution >= 0.6 is 23.5 Å². The molecule has 3 heterocycles. The van der Waals surface area contributed by atoms with E-state index in [-0.39, 0.29) is 46.8 Å². The Morgan fingerprint density at radius 3 is 2.20 bits per heavy atom. The Bertz CT molecular complexity index is 1010. The number of hydrogen-bond acceptors (Lipinski definition) is 7. The van der Waals surface area contributed by atoms with Gasteiger partial charge in [-0.15, -0.1) is 23.5 Å². The Morgan fingerprint density at radius 1 is 1.00 bits per heavy atom. The van der Waals surface area contributed by atoms with E-state index < -0.39 is 11.6 Å². The van der Waals surface area contributed by atoms with E-state index in [1.807, 2.05) is 57.3 Å². The van der Waals surface area contributed by atoms with E-state index in [1.54, 1.807) is 0 Å². The highest BCUT2D eigenvalue weighted by Crippen LogP contribution is 2.47. The number of likely N-dealkylation sites (tertiary alicyclic amines) is 1. The predicted molar refractivity (Wildman–Crippen MR) is 166 cm³/mol. The van der Waals surface area contributed by atoms with Crippen LogP contribution in [0, 0.1) is 5.92 Å². The van der Waals surface area contributed by atoms with Crippen LogP contribution in [0.15, 0.2) is 35.9 Å². The maximum absolute atomic E-state index is 14.0. The van der Waals surface area contributed by atoms with Gasteiger partial charge in [0.2, 0.25) is 5.91 Å². The van der Waals surface area contributed by atoms with Gasteiger partial charge < -0.3 is 23.8 Å². The second-order valence-corrected chi connectivity index (χ2v) is 14.8. The number of ether oxygens (including phenoxy) is 4. The number of carbonyl (C=O) groups excluding carboxylic acids is 1. The summed E-state index contributed by atoms with van der Waals surface area (Å²) in [7, 11) is 0. The van der Waals surface area contributed by atoms with Crippen LogP contribution in [0.4, 0.5) is 0 Å². The molecule has 1 aromatic carbocycles. The van der Waals surface area contributed by atoms with E-state index in [2.05, 4.69) is 62.9 Å². The number of thioether (sulfide) groups is 2. The Kier molecular flexibility index (Phi) is 10.8. The first-order chi connectivity index (χ1) is 19.0. The van der Waals surface area contributed by atoms with E-state index in [4.69, 9.17) is 18.9 Å². The third kappa shape index (κ3) is 7.12. The summed E-state index contributed by atoms with van der Waals surface area (Å²) >= 11 is 3.90. The zero-order chi connectivity index (χ0) is 29.1. The maximum Gasteiger partial charge on any atom is 0.229 e. The van der Waals surface area contributed by atoms with Gasteiger partial charge in [-0.3, -0.25) is 4.79 Å². The van der Waals surface area contributed by atoms with E-state index in [0.717, 1.165) is 36.3 Å². The lowest BCUT2D eigenvalue weighted by Gasteiger charge is -2.55. The van der Waals surface area contributed by atoms with Crippen molar-refractivity contribution in [2.45, 2.75) is 121 Å². The molecule has 3 aliphatic heterocycles. The van der Waals surface area contributed by atoms with Crippen molar-refractivity contribution in [2.24, 2.45) is 5.92 Å². The Labute approximate surface area is 250 Å². The molecule has 0 saturated carbocycles. The average molecular weight is 592 g/mol. The fraction of sp³-hybridized carbons (Fsp3) is 0.719. The van der Waals surface area contributed by atoms with Crippen LogP contribution in [0.1, 0.15) is 80.2 Å². The van der Waals surface area contributed by atoms with Crippen molar-refractivity contribution in [3.63, 3.8) is 0 Å².